The summed E-state index contributed by atoms with van der Waals surface area (Å²) in [5.74, 6) is -1.23. The Morgan fingerprint density at radius 2 is 2.00 bits per heavy atom. The van der Waals surface area contributed by atoms with E-state index in [1.807, 2.05) is 19.1 Å². The number of carboxylic acid groups (broad SMARTS) is 1. The predicted octanol–water partition coefficient (Wildman–Crippen LogP) is 3.45. The van der Waals surface area contributed by atoms with E-state index in [0.29, 0.717) is 11.3 Å². The number of benzene rings is 1. The van der Waals surface area contributed by atoms with Gasteiger partial charge in [0.05, 0.1) is 5.69 Å². The molecule has 1 aromatic heterocycles. The molecule has 1 heterocycles. The fraction of sp³-hybridized carbons (Fsp3) is 0.143. The van der Waals surface area contributed by atoms with Gasteiger partial charge in [0.1, 0.15) is 5.69 Å². The van der Waals surface area contributed by atoms with E-state index in [0.717, 1.165) is 10.0 Å². The van der Waals surface area contributed by atoms with Gasteiger partial charge in [-0.15, -0.1) is 0 Å². The molecule has 0 fully saturated rings. The Labute approximate surface area is 118 Å². The number of Topliss-reactive ketones (excluding diaryl/α,β-unsaturated/α-hetero) is 1. The van der Waals surface area contributed by atoms with Gasteiger partial charge in [-0.05, 0) is 47.5 Å². The molecular formula is C14H12BrNO3. The van der Waals surface area contributed by atoms with Crippen molar-refractivity contribution in [3.05, 3.63) is 51.8 Å². The third kappa shape index (κ3) is 2.46. The van der Waals surface area contributed by atoms with E-state index in [2.05, 4.69) is 15.9 Å². The van der Waals surface area contributed by atoms with Crippen LogP contribution in [0.3, 0.4) is 0 Å². The molecule has 4 nitrogen and oxygen atoms in total. The molecule has 0 bridgehead atoms. The Hall–Kier alpha value is -1.88. The second-order valence-corrected chi connectivity index (χ2v) is 5.05. The number of aryl methyl sites for hydroxylation is 1. The second kappa shape index (κ2) is 5.01. The number of carbonyl (C=O) groups is 2. The average molecular weight is 322 g/mol. The van der Waals surface area contributed by atoms with Gasteiger partial charge in [0.2, 0.25) is 0 Å². The van der Waals surface area contributed by atoms with Gasteiger partial charge < -0.3 is 9.67 Å². The molecule has 1 aromatic carbocycles. The zero-order valence-corrected chi connectivity index (χ0v) is 12.1. The van der Waals surface area contributed by atoms with Crippen molar-refractivity contribution < 1.29 is 14.7 Å². The summed E-state index contributed by atoms with van der Waals surface area (Å²) in [5, 5.41) is 9.23. The Kier molecular flexibility index (Phi) is 3.57. The minimum absolute atomic E-state index is 0.0662. The van der Waals surface area contributed by atoms with Crippen molar-refractivity contribution in [1.82, 2.24) is 4.57 Å². The highest BCUT2D eigenvalue weighted by atomic mass is 79.9. The average Bonchev–Trinajstić information content (AvgIpc) is 2.77. The summed E-state index contributed by atoms with van der Waals surface area (Å²) in [6.45, 7) is 3.33. The van der Waals surface area contributed by atoms with E-state index in [-0.39, 0.29) is 11.5 Å². The Balaban J connectivity index is 2.70. The third-order valence-corrected chi connectivity index (χ3v) is 3.91. The molecule has 0 unspecified atom stereocenters. The number of ketones is 1. The highest BCUT2D eigenvalue weighted by Gasteiger charge is 2.17. The van der Waals surface area contributed by atoms with Crippen LogP contribution in [0.4, 0.5) is 0 Å². The number of aromatic nitrogens is 1. The van der Waals surface area contributed by atoms with Gasteiger partial charge in [0.15, 0.2) is 5.78 Å². The van der Waals surface area contributed by atoms with Gasteiger partial charge in [0.25, 0.3) is 0 Å². The van der Waals surface area contributed by atoms with Crippen LogP contribution in [0, 0.1) is 6.92 Å². The van der Waals surface area contributed by atoms with Crippen molar-refractivity contribution in [1.29, 1.82) is 0 Å². The van der Waals surface area contributed by atoms with Crippen LogP contribution in [0.2, 0.25) is 0 Å². The minimum atomic E-state index is -1.07. The van der Waals surface area contributed by atoms with Crippen LogP contribution in [0.25, 0.3) is 5.69 Å². The fourth-order valence-corrected chi connectivity index (χ4v) is 2.29. The molecular weight excluding hydrogens is 310 g/mol. The van der Waals surface area contributed by atoms with Gasteiger partial charge >= 0.3 is 5.97 Å². The van der Waals surface area contributed by atoms with Crippen molar-refractivity contribution in [3.63, 3.8) is 0 Å². The third-order valence-electron chi connectivity index (χ3n) is 2.88. The summed E-state index contributed by atoms with van der Waals surface area (Å²) >= 11 is 3.45. The van der Waals surface area contributed by atoms with E-state index in [1.54, 1.807) is 12.3 Å². The molecule has 2 rings (SSSR count). The van der Waals surface area contributed by atoms with Gasteiger partial charge in [-0.3, -0.25) is 4.79 Å². The van der Waals surface area contributed by atoms with E-state index in [1.165, 1.54) is 17.6 Å². The van der Waals surface area contributed by atoms with E-state index in [9.17, 15) is 14.7 Å². The first-order valence-electron chi connectivity index (χ1n) is 5.64. The van der Waals surface area contributed by atoms with Crippen LogP contribution < -0.4 is 0 Å². The molecule has 0 atom stereocenters. The first-order chi connectivity index (χ1) is 8.91. The van der Waals surface area contributed by atoms with E-state index in [4.69, 9.17) is 0 Å². The fourth-order valence-electron chi connectivity index (χ4n) is 1.84. The summed E-state index contributed by atoms with van der Waals surface area (Å²) in [7, 11) is 0. The van der Waals surface area contributed by atoms with Gasteiger partial charge in [-0.1, -0.05) is 12.1 Å². The number of halogens is 1. The number of nitrogens with zero attached hydrogens (tertiary/aromatic N) is 1. The molecule has 0 amide bonds. The topological polar surface area (TPSA) is 59.3 Å². The molecule has 2 aromatic rings. The van der Waals surface area contributed by atoms with Crippen molar-refractivity contribution in [2.45, 2.75) is 13.8 Å². The maximum absolute atomic E-state index is 11.4. The number of hydrogen-bond acceptors (Lipinski definition) is 2. The summed E-state index contributed by atoms with van der Waals surface area (Å²) in [4.78, 5) is 22.7. The molecule has 98 valence electrons. The molecule has 19 heavy (non-hydrogen) atoms. The summed E-state index contributed by atoms with van der Waals surface area (Å²) < 4.78 is 2.32. The van der Waals surface area contributed by atoms with Crippen molar-refractivity contribution in [2.24, 2.45) is 0 Å². The number of rotatable bonds is 3. The number of hydrogen-bond donors (Lipinski definition) is 1. The van der Waals surface area contributed by atoms with Gasteiger partial charge in [-0.2, -0.15) is 0 Å². The molecule has 0 radical (unpaired) electrons. The first-order valence-corrected chi connectivity index (χ1v) is 6.43. The quantitative estimate of drug-likeness (QED) is 0.881. The maximum Gasteiger partial charge on any atom is 0.352 e. The zero-order chi connectivity index (χ0) is 14.2. The molecule has 5 heteroatoms. The van der Waals surface area contributed by atoms with Crippen LogP contribution in [-0.4, -0.2) is 21.4 Å². The first kappa shape index (κ1) is 13.5. The van der Waals surface area contributed by atoms with Crippen LogP contribution in [0.15, 0.2) is 34.9 Å². The van der Waals surface area contributed by atoms with E-state index >= 15 is 0 Å². The highest BCUT2D eigenvalue weighted by Crippen LogP contribution is 2.27. The van der Waals surface area contributed by atoms with E-state index < -0.39 is 5.97 Å². The lowest BCUT2D eigenvalue weighted by molar-refractivity contribution is 0.0688. The van der Waals surface area contributed by atoms with Gasteiger partial charge in [-0.25, -0.2) is 4.79 Å². The Bertz CT molecular complexity index is 673. The summed E-state index contributed by atoms with van der Waals surface area (Å²) in [6, 6.07) is 6.95. The molecule has 0 aliphatic heterocycles. The lowest BCUT2D eigenvalue weighted by Crippen LogP contribution is -2.06. The van der Waals surface area contributed by atoms with Crippen LogP contribution in [0.1, 0.15) is 33.3 Å². The summed E-state index contributed by atoms with van der Waals surface area (Å²) in [5.41, 5.74) is 2.14. The van der Waals surface area contributed by atoms with Crippen LogP contribution in [0.5, 0.6) is 0 Å². The number of carboxylic acids is 1. The number of aromatic carboxylic acids is 1. The summed E-state index contributed by atoms with van der Waals surface area (Å²) in [6.07, 6.45) is 1.55. The lowest BCUT2D eigenvalue weighted by atomic mass is 10.2. The standard InChI is InChI=1S/C14H12BrNO3/c1-8-4-3-5-11(13(8)15)16-7-10(9(2)17)6-12(16)14(18)19/h3-7H,1-2H3,(H,18,19). The molecule has 0 saturated carbocycles. The largest absolute Gasteiger partial charge is 0.477 e. The van der Waals surface area contributed by atoms with Crippen molar-refractivity contribution >= 4 is 27.7 Å². The molecule has 1 N–H and O–H groups in total. The van der Waals surface area contributed by atoms with Crippen LogP contribution >= 0.6 is 15.9 Å². The maximum atomic E-state index is 11.4. The Morgan fingerprint density at radius 3 is 2.58 bits per heavy atom. The number of carbonyl (C=O) groups excluding carboxylic acids is 1. The normalized spacial score (nSPS) is 10.5. The second-order valence-electron chi connectivity index (χ2n) is 4.25. The highest BCUT2D eigenvalue weighted by molar-refractivity contribution is 9.10. The molecule has 0 saturated heterocycles. The van der Waals surface area contributed by atoms with Gasteiger partial charge in [0, 0.05) is 16.2 Å². The lowest BCUT2D eigenvalue weighted by Gasteiger charge is -2.10. The Morgan fingerprint density at radius 1 is 1.32 bits per heavy atom. The monoisotopic (exact) mass is 321 g/mol. The zero-order valence-electron chi connectivity index (χ0n) is 10.5. The molecule has 0 aliphatic rings. The minimum Gasteiger partial charge on any atom is -0.477 e. The smallest absolute Gasteiger partial charge is 0.352 e. The SMILES string of the molecule is CC(=O)c1cc(C(=O)O)n(-c2cccc(C)c2Br)c1. The van der Waals surface area contributed by atoms with Crippen LogP contribution in [-0.2, 0) is 0 Å². The predicted molar refractivity (Wildman–Crippen MR) is 75.2 cm³/mol. The van der Waals surface area contributed by atoms with Crippen molar-refractivity contribution in [3.8, 4) is 5.69 Å². The molecule has 0 aliphatic carbocycles. The van der Waals surface area contributed by atoms with Crippen molar-refractivity contribution in [2.75, 3.05) is 0 Å². The molecule has 0 spiro atoms.